The molecule has 6 heteroatoms. The van der Waals surface area contributed by atoms with E-state index in [1.54, 1.807) is 0 Å². The molecule has 1 saturated carbocycles. The lowest BCUT2D eigenvalue weighted by molar-refractivity contribution is -0.139. The van der Waals surface area contributed by atoms with Crippen molar-refractivity contribution in [3.8, 4) is 5.75 Å². The SMILES string of the molecule is CN(C)CC(O)COc1ccc(CN2CCN(C3CCCCC3)C(=O)C2)cc1. The number of amides is 1. The summed E-state index contributed by atoms with van der Waals surface area (Å²) in [6.45, 7) is 3.97. The normalized spacial score (nSPS) is 20.6. The predicted octanol–water partition coefficient (Wildman–Crippen LogP) is 1.96. The maximum absolute atomic E-state index is 12.6. The van der Waals surface area contributed by atoms with Gasteiger partial charge in [0.05, 0.1) is 6.54 Å². The van der Waals surface area contributed by atoms with Crippen molar-refractivity contribution in [1.29, 1.82) is 0 Å². The second kappa shape index (κ2) is 10.2. The molecule has 1 aliphatic heterocycles. The molecule has 0 bridgehead atoms. The van der Waals surface area contributed by atoms with E-state index in [1.807, 2.05) is 43.3 Å². The first-order valence-corrected chi connectivity index (χ1v) is 10.6. The van der Waals surface area contributed by atoms with Crippen molar-refractivity contribution < 1.29 is 14.6 Å². The third kappa shape index (κ3) is 6.19. The van der Waals surface area contributed by atoms with Crippen LogP contribution in [0.15, 0.2) is 24.3 Å². The molecule has 1 amide bonds. The predicted molar refractivity (Wildman–Crippen MR) is 110 cm³/mol. The molecule has 0 radical (unpaired) electrons. The molecular formula is C22H35N3O3. The number of aliphatic hydroxyl groups excluding tert-OH is 1. The molecule has 1 aliphatic carbocycles. The monoisotopic (exact) mass is 389 g/mol. The third-order valence-electron chi connectivity index (χ3n) is 5.70. The summed E-state index contributed by atoms with van der Waals surface area (Å²) in [5.41, 5.74) is 1.18. The van der Waals surface area contributed by atoms with Crippen LogP contribution in [0.1, 0.15) is 37.7 Å². The summed E-state index contributed by atoms with van der Waals surface area (Å²) >= 11 is 0. The van der Waals surface area contributed by atoms with E-state index < -0.39 is 6.10 Å². The molecule has 0 spiro atoms. The Morgan fingerprint density at radius 1 is 1.14 bits per heavy atom. The van der Waals surface area contributed by atoms with Crippen LogP contribution in [0.4, 0.5) is 0 Å². The molecule has 156 valence electrons. The quantitative estimate of drug-likeness (QED) is 0.737. The largest absolute Gasteiger partial charge is 0.491 e. The molecule has 0 aromatic heterocycles. The molecule has 1 aromatic rings. The Morgan fingerprint density at radius 2 is 1.86 bits per heavy atom. The van der Waals surface area contributed by atoms with Crippen LogP contribution in [-0.2, 0) is 11.3 Å². The number of aliphatic hydroxyl groups is 1. The smallest absolute Gasteiger partial charge is 0.237 e. The highest BCUT2D eigenvalue weighted by molar-refractivity contribution is 5.79. The van der Waals surface area contributed by atoms with Crippen molar-refractivity contribution >= 4 is 5.91 Å². The van der Waals surface area contributed by atoms with E-state index in [4.69, 9.17) is 4.74 Å². The van der Waals surface area contributed by atoms with Crippen LogP contribution in [0.3, 0.4) is 0 Å². The molecule has 1 atom stereocenters. The average molecular weight is 390 g/mol. The molecule has 2 fully saturated rings. The maximum atomic E-state index is 12.6. The van der Waals surface area contributed by atoms with E-state index in [-0.39, 0.29) is 12.5 Å². The highest BCUT2D eigenvalue weighted by atomic mass is 16.5. The fourth-order valence-corrected chi connectivity index (χ4v) is 4.26. The van der Waals surface area contributed by atoms with Crippen molar-refractivity contribution in [2.24, 2.45) is 0 Å². The van der Waals surface area contributed by atoms with Crippen LogP contribution >= 0.6 is 0 Å². The lowest BCUT2D eigenvalue weighted by Crippen LogP contribution is -2.54. The van der Waals surface area contributed by atoms with E-state index in [0.29, 0.717) is 19.1 Å². The number of carbonyl (C=O) groups is 1. The van der Waals surface area contributed by atoms with Gasteiger partial charge in [0.25, 0.3) is 0 Å². The molecule has 2 aliphatic rings. The number of ether oxygens (including phenoxy) is 1. The first kappa shape index (κ1) is 21.1. The molecule has 1 heterocycles. The van der Waals surface area contributed by atoms with Crippen LogP contribution in [0.5, 0.6) is 5.75 Å². The van der Waals surface area contributed by atoms with Gasteiger partial charge in [0.2, 0.25) is 5.91 Å². The fourth-order valence-electron chi connectivity index (χ4n) is 4.26. The zero-order chi connectivity index (χ0) is 19.9. The summed E-state index contributed by atoms with van der Waals surface area (Å²) in [5, 5.41) is 9.88. The molecule has 1 saturated heterocycles. The molecule has 6 nitrogen and oxygen atoms in total. The van der Waals surface area contributed by atoms with Gasteiger partial charge in [-0.05, 0) is 44.6 Å². The number of rotatable bonds is 8. The molecule has 28 heavy (non-hydrogen) atoms. The average Bonchev–Trinajstić information content (AvgIpc) is 2.68. The minimum atomic E-state index is -0.499. The summed E-state index contributed by atoms with van der Waals surface area (Å²) < 4.78 is 5.66. The second-order valence-corrected chi connectivity index (χ2v) is 8.46. The summed E-state index contributed by atoms with van der Waals surface area (Å²) in [5.74, 6) is 1.05. The van der Waals surface area contributed by atoms with Gasteiger partial charge in [-0.15, -0.1) is 0 Å². The van der Waals surface area contributed by atoms with Crippen molar-refractivity contribution in [3.63, 3.8) is 0 Å². The first-order chi connectivity index (χ1) is 13.5. The lowest BCUT2D eigenvalue weighted by atomic mass is 9.93. The summed E-state index contributed by atoms with van der Waals surface area (Å²) in [7, 11) is 3.86. The summed E-state index contributed by atoms with van der Waals surface area (Å²) in [4.78, 5) is 18.9. The van der Waals surface area contributed by atoms with Crippen LogP contribution in [0, 0.1) is 0 Å². The summed E-state index contributed by atoms with van der Waals surface area (Å²) in [6, 6.07) is 8.45. The highest BCUT2D eigenvalue weighted by Crippen LogP contribution is 2.24. The molecule has 1 N–H and O–H groups in total. The van der Waals surface area contributed by atoms with Crippen LogP contribution < -0.4 is 4.74 Å². The zero-order valence-corrected chi connectivity index (χ0v) is 17.3. The van der Waals surface area contributed by atoms with Gasteiger partial charge in [0.1, 0.15) is 18.5 Å². The van der Waals surface area contributed by atoms with Crippen molar-refractivity contribution in [2.45, 2.75) is 50.8 Å². The van der Waals surface area contributed by atoms with Gasteiger partial charge in [-0.3, -0.25) is 9.69 Å². The number of nitrogens with zero attached hydrogens (tertiary/aromatic N) is 3. The Kier molecular flexibility index (Phi) is 7.71. The number of likely N-dealkylation sites (N-methyl/N-ethyl adjacent to an activating group) is 1. The van der Waals surface area contributed by atoms with E-state index in [1.165, 1.54) is 37.7 Å². The minimum absolute atomic E-state index is 0.285. The standard InChI is InChI=1S/C22H35N3O3/c1-23(2)15-20(26)17-28-21-10-8-18(9-11-21)14-24-12-13-25(22(27)16-24)19-6-4-3-5-7-19/h8-11,19-20,26H,3-7,12-17H2,1-2H3. The molecule has 1 unspecified atom stereocenters. The Labute approximate surface area is 169 Å². The van der Waals surface area contributed by atoms with Gasteiger partial charge in [-0.2, -0.15) is 0 Å². The number of hydrogen-bond donors (Lipinski definition) is 1. The Bertz CT molecular complexity index is 614. The van der Waals surface area contributed by atoms with Gasteiger partial charge in [-0.1, -0.05) is 31.4 Å². The van der Waals surface area contributed by atoms with Gasteiger partial charge >= 0.3 is 0 Å². The van der Waals surface area contributed by atoms with Crippen LogP contribution in [-0.4, -0.2) is 84.7 Å². The van der Waals surface area contributed by atoms with E-state index in [2.05, 4.69) is 9.80 Å². The zero-order valence-electron chi connectivity index (χ0n) is 17.3. The lowest BCUT2D eigenvalue weighted by Gasteiger charge is -2.40. The second-order valence-electron chi connectivity index (χ2n) is 8.46. The Hall–Kier alpha value is -1.63. The Balaban J connectivity index is 1.44. The number of carbonyl (C=O) groups excluding carboxylic acids is 1. The van der Waals surface area contributed by atoms with Gasteiger partial charge in [-0.25, -0.2) is 0 Å². The maximum Gasteiger partial charge on any atom is 0.237 e. The van der Waals surface area contributed by atoms with E-state index >= 15 is 0 Å². The Morgan fingerprint density at radius 3 is 2.50 bits per heavy atom. The van der Waals surface area contributed by atoms with Crippen molar-refractivity contribution in [1.82, 2.24) is 14.7 Å². The summed E-state index contributed by atoms with van der Waals surface area (Å²) in [6.07, 6.45) is 5.70. The third-order valence-corrected chi connectivity index (χ3v) is 5.70. The highest BCUT2D eigenvalue weighted by Gasteiger charge is 2.30. The van der Waals surface area contributed by atoms with Crippen molar-refractivity contribution in [3.05, 3.63) is 29.8 Å². The topological polar surface area (TPSA) is 56.3 Å². The number of hydrogen-bond acceptors (Lipinski definition) is 5. The first-order valence-electron chi connectivity index (χ1n) is 10.6. The number of piperazine rings is 1. The molecular weight excluding hydrogens is 354 g/mol. The van der Waals surface area contributed by atoms with Crippen molar-refractivity contribution in [2.75, 3.05) is 46.9 Å². The van der Waals surface area contributed by atoms with Gasteiger partial charge in [0.15, 0.2) is 0 Å². The van der Waals surface area contributed by atoms with Gasteiger partial charge in [0, 0.05) is 32.2 Å². The minimum Gasteiger partial charge on any atom is -0.491 e. The molecule has 1 aromatic carbocycles. The van der Waals surface area contributed by atoms with Crippen LogP contribution in [0.25, 0.3) is 0 Å². The van der Waals surface area contributed by atoms with Gasteiger partial charge < -0.3 is 19.6 Å². The molecule has 3 rings (SSSR count). The number of benzene rings is 1. The van der Waals surface area contributed by atoms with Crippen LogP contribution in [0.2, 0.25) is 0 Å². The van der Waals surface area contributed by atoms with E-state index in [0.717, 1.165) is 25.4 Å². The fraction of sp³-hybridized carbons (Fsp3) is 0.682. The van der Waals surface area contributed by atoms with E-state index in [9.17, 15) is 9.90 Å².